The largest absolute Gasteiger partial charge is 0.508 e. The first-order chi connectivity index (χ1) is 12.1. The quantitative estimate of drug-likeness (QED) is 0.529. The Balaban J connectivity index is 1.89. The lowest BCUT2D eigenvalue weighted by Crippen LogP contribution is -1.82. The molecule has 0 aliphatic heterocycles. The number of benzene rings is 1. The molecule has 4 aromatic rings. The molecule has 0 unspecified atom stereocenters. The number of nitrogens with zero attached hydrogens (tertiary/aromatic N) is 4. The summed E-state index contributed by atoms with van der Waals surface area (Å²) in [6, 6.07) is 11.6. The van der Waals surface area contributed by atoms with Gasteiger partial charge in [-0.25, -0.2) is 4.98 Å². The molecule has 4 rings (SSSR count). The van der Waals surface area contributed by atoms with Gasteiger partial charge < -0.3 is 14.6 Å². The lowest BCUT2D eigenvalue weighted by atomic mass is 10.2. The van der Waals surface area contributed by atoms with Crippen LogP contribution < -0.4 is 0 Å². The summed E-state index contributed by atoms with van der Waals surface area (Å²) >= 11 is 0. The van der Waals surface area contributed by atoms with Crippen LogP contribution in [0, 0.1) is 6.92 Å². The van der Waals surface area contributed by atoms with E-state index in [0.717, 1.165) is 5.56 Å². The minimum atomic E-state index is 0.0394. The van der Waals surface area contributed by atoms with Crippen molar-refractivity contribution >= 4 is 17.2 Å². The molecular formula is C18H14N4O3. The molecule has 1 aromatic carbocycles. The summed E-state index contributed by atoms with van der Waals surface area (Å²) in [7, 11) is 0. The second-order valence-corrected chi connectivity index (χ2v) is 5.52. The van der Waals surface area contributed by atoms with Crippen LogP contribution in [0.4, 0.5) is 11.5 Å². The monoisotopic (exact) mass is 334 g/mol. The second kappa shape index (κ2) is 5.79. The summed E-state index contributed by atoms with van der Waals surface area (Å²) in [5, 5.41) is 28.2. The topological polar surface area (TPSA) is 95.6 Å². The van der Waals surface area contributed by atoms with Crippen molar-refractivity contribution in [2.75, 3.05) is 0 Å². The van der Waals surface area contributed by atoms with E-state index in [9.17, 15) is 10.2 Å². The van der Waals surface area contributed by atoms with E-state index >= 15 is 0 Å². The smallest absolute Gasteiger partial charge is 0.190 e. The Labute approximate surface area is 142 Å². The second-order valence-electron chi connectivity index (χ2n) is 5.52. The summed E-state index contributed by atoms with van der Waals surface area (Å²) in [4.78, 5) is 4.43. The number of fused-ring (bicyclic) bond motifs is 1. The van der Waals surface area contributed by atoms with Crippen LogP contribution in [0.15, 0.2) is 69.6 Å². The van der Waals surface area contributed by atoms with Crippen molar-refractivity contribution in [1.82, 2.24) is 9.38 Å². The number of hydrogen-bond donors (Lipinski definition) is 2. The molecule has 0 radical (unpaired) electrons. The van der Waals surface area contributed by atoms with Crippen molar-refractivity contribution in [2.24, 2.45) is 10.2 Å². The maximum absolute atomic E-state index is 10.1. The normalized spacial score (nSPS) is 11.6. The van der Waals surface area contributed by atoms with Crippen molar-refractivity contribution < 1.29 is 14.6 Å². The number of imidazole rings is 1. The van der Waals surface area contributed by atoms with Crippen LogP contribution in [0.25, 0.3) is 17.1 Å². The van der Waals surface area contributed by atoms with Crippen LogP contribution >= 0.6 is 0 Å². The molecule has 3 heterocycles. The number of pyridine rings is 1. The number of phenolic OH excluding ortho intramolecular Hbond substituents is 1. The highest BCUT2D eigenvalue weighted by molar-refractivity contribution is 5.73. The van der Waals surface area contributed by atoms with Crippen molar-refractivity contribution in [2.45, 2.75) is 6.92 Å². The Morgan fingerprint density at radius 2 is 1.96 bits per heavy atom. The number of hydrogen-bond acceptors (Lipinski definition) is 6. The van der Waals surface area contributed by atoms with E-state index in [-0.39, 0.29) is 11.5 Å². The van der Waals surface area contributed by atoms with Crippen LogP contribution in [-0.2, 0) is 0 Å². The number of furan rings is 1. The summed E-state index contributed by atoms with van der Waals surface area (Å²) in [5.41, 5.74) is 2.26. The number of aromatic hydroxyl groups is 2. The van der Waals surface area contributed by atoms with Gasteiger partial charge in [-0.15, -0.1) is 10.2 Å². The average Bonchev–Trinajstić information content (AvgIpc) is 3.22. The summed E-state index contributed by atoms with van der Waals surface area (Å²) in [6.45, 7) is 1.84. The maximum Gasteiger partial charge on any atom is 0.190 e. The Kier molecular flexibility index (Phi) is 3.46. The van der Waals surface area contributed by atoms with E-state index in [2.05, 4.69) is 15.2 Å². The molecule has 0 fully saturated rings. The van der Waals surface area contributed by atoms with Gasteiger partial charge in [0.05, 0.1) is 12.0 Å². The number of aryl methyl sites for hydroxylation is 1. The van der Waals surface area contributed by atoms with Gasteiger partial charge in [0.2, 0.25) is 0 Å². The SMILES string of the molecule is Cc1cc(O)ccc1N=Nc1c(-c2ccco2)nc2c(O)cccn12. The predicted octanol–water partition coefficient (Wildman–Crippen LogP) is 4.73. The third-order valence-corrected chi connectivity index (χ3v) is 3.79. The fraction of sp³-hybridized carbons (Fsp3) is 0.0556. The average molecular weight is 334 g/mol. The molecule has 0 bridgehead atoms. The van der Waals surface area contributed by atoms with Crippen molar-refractivity contribution in [3.63, 3.8) is 0 Å². The summed E-state index contributed by atoms with van der Waals surface area (Å²) in [5.74, 6) is 1.18. The first-order valence-electron chi connectivity index (χ1n) is 7.59. The Morgan fingerprint density at radius 1 is 1.08 bits per heavy atom. The molecule has 0 aliphatic rings. The fourth-order valence-corrected chi connectivity index (χ4v) is 2.57. The van der Waals surface area contributed by atoms with Gasteiger partial charge in [-0.1, -0.05) is 0 Å². The Morgan fingerprint density at radius 3 is 2.72 bits per heavy atom. The maximum atomic E-state index is 10.1. The molecule has 7 heteroatoms. The summed E-state index contributed by atoms with van der Waals surface area (Å²) < 4.78 is 7.07. The molecule has 0 aliphatic carbocycles. The number of phenols is 1. The molecule has 25 heavy (non-hydrogen) atoms. The molecule has 0 amide bonds. The minimum Gasteiger partial charge on any atom is -0.508 e. The van der Waals surface area contributed by atoms with E-state index in [4.69, 9.17) is 4.42 Å². The zero-order valence-corrected chi connectivity index (χ0v) is 13.3. The van der Waals surface area contributed by atoms with Gasteiger partial charge in [0.15, 0.2) is 28.7 Å². The fourth-order valence-electron chi connectivity index (χ4n) is 2.57. The highest BCUT2D eigenvalue weighted by Gasteiger charge is 2.18. The van der Waals surface area contributed by atoms with E-state index in [1.165, 1.54) is 0 Å². The van der Waals surface area contributed by atoms with E-state index < -0.39 is 0 Å². The van der Waals surface area contributed by atoms with Gasteiger partial charge in [-0.05, 0) is 55.0 Å². The van der Waals surface area contributed by atoms with Gasteiger partial charge in [0.1, 0.15) is 5.75 Å². The zero-order valence-electron chi connectivity index (χ0n) is 13.3. The molecule has 2 N–H and O–H groups in total. The first-order valence-corrected chi connectivity index (χ1v) is 7.59. The van der Waals surface area contributed by atoms with Crippen LogP contribution in [0.2, 0.25) is 0 Å². The van der Waals surface area contributed by atoms with Crippen molar-refractivity contribution in [3.05, 3.63) is 60.5 Å². The van der Waals surface area contributed by atoms with Crippen molar-refractivity contribution in [1.29, 1.82) is 0 Å². The molecule has 124 valence electrons. The molecular weight excluding hydrogens is 320 g/mol. The van der Waals surface area contributed by atoms with E-state index in [0.29, 0.717) is 28.6 Å². The van der Waals surface area contributed by atoms with E-state index in [1.807, 2.05) is 6.92 Å². The van der Waals surface area contributed by atoms with Crippen molar-refractivity contribution in [3.8, 4) is 23.0 Å². The third-order valence-electron chi connectivity index (χ3n) is 3.79. The molecule has 0 saturated carbocycles. The summed E-state index contributed by atoms with van der Waals surface area (Å²) in [6.07, 6.45) is 3.29. The van der Waals surface area contributed by atoms with E-state index in [1.54, 1.807) is 59.3 Å². The van der Waals surface area contributed by atoms with Crippen LogP contribution in [0.5, 0.6) is 11.5 Å². The molecule has 0 spiro atoms. The molecule has 7 nitrogen and oxygen atoms in total. The van der Waals surface area contributed by atoms with Gasteiger partial charge in [0, 0.05) is 6.20 Å². The van der Waals surface area contributed by atoms with Crippen LogP contribution in [-0.4, -0.2) is 19.6 Å². The standard InChI is InChI=1S/C18H14N4O3/c1-11-10-12(23)6-7-13(11)20-21-18-16(15-5-3-9-25-15)19-17-14(24)4-2-8-22(17)18/h2-10,23-24H,1H3. The Bertz CT molecular complexity index is 1080. The van der Waals surface area contributed by atoms with Crippen LogP contribution in [0.3, 0.4) is 0 Å². The zero-order chi connectivity index (χ0) is 17.4. The van der Waals surface area contributed by atoms with Crippen LogP contribution in [0.1, 0.15) is 5.56 Å². The Hall–Kier alpha value is -3.61. The lowest BCUT2D eigenvalue weighted by molar-refractivity contribution is 0.475. The number of rotatable bonds is 3. The highest BCUT2D eigenvalue weighted by Crippen LogP contribution is 2.35. The van der Waals surface area contributed by atoms with Gasteiger partial charge in [-0.2, -0.15) is 0 Å². The molecule has 3 aromatic heterocycles. The molecule has 0 atom stereocenters. The number of azo groups is 1. The highest BCUT2D eigenvalue weighted by atomic mass is 16.3. The third kappa shape index (κ3) is 2.61. The first kappa shape index (κ1) is 14.9. The molecule has 0 saturated heterocycles. The van der Waals surface area contributed by atoms with Gasteiger partial charge >= 0.3 is 0 Å². The minimum absolute atomic E-state index is 0.0394. The number of aromatic nitrogens is 2. The van der Waals surface area contributed by atoms with Gasteiger partial charge in [0.25, 0.3) is 0 Å². The predicted molar refractivity (Wildman–Crippen MR) is 91.6 cm³/mol. The lowest BCUT2D eigenvalue weighted by Gasteiger charge is -2.00. The van der Waals surface area contributed by atoms with Gasteiger partial charge in [-0.3, -0.25) is 4.40 Å².